The monoisotopic (exact) mass is 571 g/mol. The molecule has 3 aromatic rings. The minimum Gasteiger partial charge on any atom is -0.490 e. The maximum absolute atomic E-state index is 12.9. The number of benzene rings is 3. The van der Waals surface area contributed by atoms with Gasteiger partial charge < -0.3 is 9.47 Å². The van der Waals surface area contributed by atoms with Gasteiger partial charge in [0.05, 0.1) is 18.1 Å². The highest BCUT2D eigenvalue weighted by Crippen LogP contribution is 2.35. The molecule has 0 radical (unpaired) electrons. The third-order valence-electron chi connectivity index (χ3n) is 4.93. The largest absolute Gasteiger partial charge is 0.490 e. The predicted octanol–water partition coefficient (Wildman–Crippen LogP) is 6.51. The summed E-state index contributed by atoms with van der Waals surface area (Å²) in [7, 11) is 0. The molecule has 168 valence electrons. The molecule has 1 aliphatic rings. The van der Waals surface area contributed by atoms with E-state index in [1.54, 1.807) is 6.08 Å². The Morgan fingerprint density at radius 1 is 0.909 bits per heavy atom. The predicted molar refractivity (Wildman–Crippen MR) is 139 cm³/mol. The Morgan fingerprint density at radius 2 is 1.67 bits per heavy atom. The van der Waals surface area contributed by atoms with Crippen molar-refractivity contribution >= 4 is 51.6 Å². The number of carbonyl (C=O) groups is 2. The number of hydrogen-bond donors (Lipinski definition) is 0. The van der Waals surface area contributed by atoms with Crippen LogP contribution in [0.3, 0.4) is 0 Å². The molecule has 7 heteroatoms. The zero-order chi connectivity index (χ0) is 23.2. The van der Waals surface area contributed by atoms with E-state index in [2.05, 4.69) is 22.6 Å². The normalized spacial score (nSPS) is 14.7. The molecule has 33 heavy (non-hydrogen) atoms. The molecule has 0 aliphatic carbocycles. The smallest absolute Gasteiger partial charge is 0.293 e. The number of nitrogens with zero attached hydrogens (tertiary/aromatic N) is 1. The van der Waals surface area contributed by atoms with Gasteiger partial charge in [0.25, 0.3) is 11.1 Å². The summed E-state index contributed by atoms with van der Waals surface area (Å²) in [6, 6.07) is 23.2. The minimum absolute atomic E-state index is 0.259. The van der Waals surface area contributed by atoms with Crippen molar-refractivity contribution in [2.24, 2.45) is 0 Å². The Kier molecular flexibility index (Phi) is 7.72. The third-order valence-corrected chi connectivity index (χ3v) is 6.56. The highest BCUT2D eigenvalue weighted by molar-refractivity contribution is 14.1. The molecule has 1 aliphatic heterocycles. The van der Waals surface area contributed by atoms with Crippen LogP contribution in [0.4, 0.5) is 4.79 Å². The molecule has 0 unspecified atom stereocenters. The first-order valence-corrected chi connectivity index (χ1v) is 12.4. The van der Waals surface area contributed by atoms with Crippen molar-refractivity contribution in [3.63, 3.8) is 0 Å². The number of amides is 2. The Labute approximate surface area is 210 Å². The molecule has 4 rings (SSSR count). The third kappa shape index (κ3) is 5.97. The fraction of sp³-hybridized carbons (Fsp3) is 0.154. The van der Waals surface area contributed by atoms with E-state index in [1.807, 2.05) is 79.7 Å². The van der Waals surface area contributed by atoms with Crippen molar-refractivity contribution in [3.8, 4) is 11.5 Å². The second-order valence-electron chi connectivity index (χ2n) is 7.31. The van der Waals surface area contributed by atoms with E-state index in [9.17, 15) is 9.59 Å². The standard InChI is InChI=1S/C26H22INO4S/c1-2-31-23-14-20(10-13-22(23)32-17-19-6-4-3-5-7-19)15-24-25(29)28(26(30)33-24)16-18-8-11-21(27)12-9-18/h3-15H,2,16-17H2,1H3/b24-15-. The van der Waals surface area contributed by atoms with Crippen LogP contribution in [0.2, 0.25) is 0 Å². The van der Waals surface area contributed by atoms with Crippen LogP contribution >= 0.6 is 34.4 Å². The second-order valence-corrected chi connectivity index (χ2v) is 9.55. The Balaban J connectivity index is 1.50. The summed E-state index contributed by atoms with van der Waals surface area (Å²) in [4.78, 5) is 27.0. The van der Waals surface area contributed by atoms with Crippen molar-refractivity contribution in [3.05, 3.63) is 98.0 Å². The van der Waals surface area contributed by atoms with E-state index in [0.29, 0.717) is 29.6 Å². The van der Waals surface area contributed by atoms with Gasteiger partial charge in [-0.2, -0.15) is 0 Å². The minimum atomic E-state index is -0.286. The van der Waals surface area contributed by atoms with Crippen LogP contribution in [0.25, 0.3) is 6.08 Å². The van der Waals surface area contributed by atoms with Crippen LogP contribution in [0.5, 0.6) is 11.5 Å². The Morgan fingerprint density at radius 3 is 2.39 bits per heavy atom. The molecule has 1 heterocycles. The van der Waals surface area contributed by atoms with Crippen LogP contribution in [0, 0.1) is 3.57 Å². The van der Waals surface area contributed by atoms with Crippen LogP contribution < -0.4 is 9.47 Å². The molecule has 5 nitrogen and oxygen atoms in total. The number of imide groups is 1. The van der Waals surface area contributed by atoms with Gasteiger partial charge in [0.1, 0.15) is 6.61 Å². The van der Waals surface area contributed by atoms with Gasteiger partial charge in [-0.15, -0.1) is 0 Å². The zero-order valence-corrected chi connectivity index (χ0v) is 21.0. The van der Waals surface area contributed by atoms with Gasteiger partial charge in [0.15, 0.2) is 11.5 Å². The summed E-state index contributed by atoms with van der Waals surface area (Å²) in [5.74, 6) is 0.941. The number of halogens is 1. The molecular weight excluding hydrogens is 549 g/mol. The van der Waals surface area contributed by atoms with Gasteiger partial charge in [-0.1, -0.05) is 48.5 Å². The summed E-state index contributed by atoms with van der Waals surface area (Å²) in [5.41, 5.74) is 2.74. The summed E-state index contributed by atoms with van der Waals surface area (Å²) < 4.78 is 12.8. The summed E-state index contributed by atoms with van der Waals surface area (Å²) in [5, 5.41) is -0.266. The maximum atomic E-state index is 12.9. The van der Waals surface area contributed by atoms with Gasteiger partial charge >= 0.3 is 0 Å². The number of ether oxygens (including phenoxy) is 2. The van der Waals surface area contributed by atoms with Crippen molar-refractivity contribution in [2.75, 3.05) is 6.61 Å². The van der Waals surface area contributed by atoms with E-state index >= 15 is 0 Å². The fourth-order valence-corrected chi connectivity index (χ4v) is 4.50. The molecule has 0 atom stereocenters. The Hall–Kier alpha value is -2.78. The molecule has 0 aromatic heterocycles. The average molecular weight is 571 g/mol. The van der Waals surface area contributed by atoms with Crippen LogP contribution in [0.1, 0.15) is 23.6 Å². The van der Waals surface area contributed by atoms with E-state index < -0.39 is 0 Å². The summed E-state index contributed by atoms with van der Waals surface area (Å²) in [6.07, 6.45) is 1.72. The highest BCUT2D eigenvalue weighted by Gasteiger charge is 2.35. The van der Waals surface area contributed by atoms with Gasteiger partial charge in [-0.3, -0.25) is 14.5 Å². The van der Waals surface area contributed by atoms with E-state index in [0.717, 1.165) is 32.0 Å². The Bertz CT molecular complexity index is 1180. The number of thioether (sulfide) groups is 1. The SMILES string of the molecule is CCOc1cc(/C=C2\SC(=O)N(Cc3ccc(I)cc3)C2=O)ccc1OCc1ccccc1. The quantitative estimate of drug-likeness (QED) is 0.228. The maximum Gasteiger partial charge on any atom is 0.293 e. The fourth-order valence-electron chi connectivity index (χ4n) is 3.30. The lowest BCUT2D eigenvalue weighted by atomic mass is 10.1. The molecule has 3 aromatic carbocycles. The number of hydrogen-bond acceptors (Lipinski definition) is 5. The van der Waals surface area contributed by atoms with Gasteiger partial charge in [-0.05, 0) is 88.3 Å². The van der Waals surface area contributed by atoms with Crippen LogP contribution in [-0.2, 0) is 17.9 Å². The summed E-state index contributed by atoms with van der Waals surface area (Å²) >= 11 is 3.18. The molecule has 1 saturated heterocycles. The van der Waals surface area contributed by atoms with Crippen LogP contribution in [0.15, 0.2) is 77.7 Å². The molecule has 0 bridgehead atoms. The van der Waals surface area contributed by atoms with E-state index in [-0.39, 0.29) is 17.7 Å². The molecular formula is C26H22INO4S. The van der Waals surface area contributed by atoms with Crippen molar-refractivity contribution in [1.29, 1.82) is 0 Å². The number of carbonyl (C=O) groups excluding carboxylic acids is 2. The van der Waals surface area contributed by atoms with Gasteiger partial charge in [-0.25, -0.2) is 0 Å². The van der Waals surface area contributed by atoms with Gasteiger partial charge in [0, 0.05) is 3.57 Å². The topological polar surface area (TPSA) is 55.8 Å². The lowest BCUT2D eigenvalue weighted by Gasteiger charge is -2.13. The lowest BCUT2D eigenvalue weighted by Crippen LogP contribution is -2.27. The molecule has 1 fully saturated rings. The van der Waals surface area contributed by atoms with Crippen LogP contribution in [-0.4, -0.2) is 22.7 Å². The van der Waals surface area contributed by atoms with Crippen molar-refractivity contribution < 1.29 is 19.1 Å². The molecule has 0 spiro atoms. The van der Waals surface area contributed by atoms with Crippen molar-refractivity contribution in [2.45, 2.75) is 20.1 Å². The second kappa shape index (κ2) is 10.9. The van der Waals surface area contributed by atoms with Crippen molar-refractivity contribution in [1.82, 2.24) is 4.90 Å². The molecule has 0 saturated carbocycles. The lowest BCUT2D eigenvalue weighted by molar-refractivity contribution is -0.123. The highest BCUT2D eigenvalue weighted by atomic mass is 127. The first-order valence-electron chi connectivity index (χ1n) is 10.5. The summed E-state index contributed by atoms with van der Waals surface area (Å²) in [6.45, 7) is 3.08. The van der Waals surface area contributed by atoms with E-state index in [1.165, 1.54) is 4.90 Å². The zero-order valence-electron chi connectivity index (χ0n) is 18.0. The first kappa shape index (κ1) is 23.4. The van der Waals surface area contributed by atoms with Gasteiger partial charge in [0.2, 0.25) is 0 Å². The molecule has 2 amide bonds. The van der Waals surface area contributed by atoms with E-state index in [4.69, 9.17) is 9.47 Å². The average Bonchev–Trinajstić information content (AvgIpc) is 3.08. The number of rotatable bonds is 8. The molecule has 0 N–H and O–H groups in total. The first-order chi connectivity index (χ1) is 16.0.